The van der Waals surface area contributed by atoms with Crippen molar-refractivity contribution in [2.75, 3.05) is 18.0 Å². The van der Waals surface area contributed by atoms with Crippen LogP contribution in [0.15, 0.2) is 18.2 Å². The van der Waals surface area contributed by atoms with Gasteiger partial charge in [-0.3, -0.25) is 14.9 Å². The summed E-state index contributed by atoms with van der Waals surface area (Å²) < 4.78 is 0. The highest BCUT2D eigenvalue weighted by molar-refractivity contribution is 5.70. The summed E-state index contributed by atoms with van der Waals surface area (Å²) in [5, 5.41) is 19.9. The van der Waals surface area contributed by atoms with E-state index in [2.05, 4.69) is 0 Å². The third kappa shape index (κ3) is 2.67. The van der Waals surface area contributed by atoms with Crippen LogP contribution in [-0.2, 0) is 4.79 Å². The van der Waals surface area contributed by atoms with Crippen molar-refractivity contribution in [3.63, 3.8) is 0 Å². The second-order valence-corrected chi connectivity index (χ2v) is 4.78. The first-order chi connectivity index (χ1) is 9.00. The first-order valence-corrected chi connectivity index (χ1v) is 6.22. The van der Waals surface area contributed by atoms with Crippen LogP contribution in [0.25, 0.3) is 0 Å². The fourth-order valence-corrected chi connectivity index (χ4v) is 2.52. The molecule has 6 nitrogen and oxygen atoms in total. The third-order valence-corrected chi connectivity index (χ3v) is 3.66. The van der Waals surface area contributed by atoms with Gasteiger partial charge in [-0.2, -0.15) is 0 Å². The van der Waals surface area contributed by atoms with Crippen molar-refractivity contribution in [1.29, 1.82) is 0 Å². The van der Waals surface area contributed by atoms with E-state index in [0.29, 0.717) is 31.5 Å². The van der Waals surface area contributed by atoms with Gasteiger partial charge in [0.15, 0.2) is 0 Å². The lowest BCUT2D eigenvalue weighted by Gasteiger charge is -2.32. The number of nitro benzene ring substituents is 1. The smallest absolute Gasteiger partial charge is 0.306 e. The highest BCUT2D eigenvalue weighted by atomic mass is 16.6. The number of carbonyl (C=O) groups is 1. The third-order valence-electron chi connectivity index (χ3n) is 3.66. The molecule has 0 unspecified atom stereocenters. The van der Waals surface area contributed by atoms with Crippen molar-refractivity contribution >= 4 is 17.3 Å². The first-order valence-electron chi connectivity index (χ1n) is 6.22. The normalized spacial score (nSPS) is 16.4. The van der Waals surface area contributed by atoms with Crippen molar-refractivity contribution < 1.29 is 14.8 Å². The fraction of sp³-hybridized carbons (Fsp3) is 0.462. The maximum atomic E-state index is 10.9. The van der Waals surface area contributed by atoms with Gasteiger partial charge in [-0.25, -0.2) is 0 Å². The van der Waals surface area contributed by atoms with Crippen LogP contribution >= 0.6 is 0 Å². The van der Waals surface area contributed by atoms with Gasteiger partial charge in [0.1, 0.15) is 0 Å². The average Bonchev–Trinajstić information content (AvgIpc) is 2.38. The molecule has 1 heterocycles. The summed E-state index contributed by atoms with van der Waals surface area (Å²) in [4.78, 5) is 23.5. The topological polar surface area (TPSA) is 83.7 Å². The zero-order valence-electron chi connectivity index (χ0n) is 10.7. The van der Waals surface area contributed by atoms with E-state index in [4.69, 9.17) is 5.11 Å². The number of rotatable bonds is 3. The monoisotopic (exact) mass is 264 g/mol. The van der Waals surface area contributed by atoms with E-state index in [9.17, 15) is 14.9 Å². The standard InChI is InChI=1S/C13H16N2O4/c1-9-11(3-2-4-12(9)15(18)19)14-7-5-10(6-8-14)13(16)17/h2-4,10H,5-8H2,1H3,(H,16,17). The summed E-state index contributed by atoms with van der Waals surface area (Å²) in [5.41, 5.74) is 1.58. The lowest BCUT2D eigenvalue weighted by molar-refractivity contribution is -0.385. The number of carboxylic acid groups (broad SMARTS) is 1. The van der Waals surface area contributed by atoms with Crippen molar-refractivity contribution in [2.45, 2.75) is 19.8 Å². The Labute approximate surface area is 110 Å². The Morgan fingerprint density at radius 1 is 1.42 bits per heavy atom. The summed E-state index contributed by atoms with van der Waals surface area (Å²) in [6.45, 7) is 2.98. The van der Waals surface area contributed by atoms with Gasteiger partial charge in [0, 0.05) is 24.8 Å². The van der Waals surface area contributed by atoms with Crippen LogP contribution in [0.3, 0.4) is 0 Å². The van der Waals surface area contributed by atoms with Crippen LogP contribution in [-0.4, -0.2) is 29.1 Å². The van der Waals surface area contributed by atoms with Crippen molar-refractivity contribution in [2.24, 2.45) is 5.92 Å². The van der Waals surface area contributed by atoms with Crippen LogP contribution < -0.4 is 4.90 Å². The van der Waals surface area contributed by atoms with E-state index in [1.807, 2.05) is 11.0 Å². The van der Waals surface area contributed by atoms with Gasteiger partial charge in [-0.05, 0) is 25.8 Å². The number of piperidine rings is 1. The van der Waals surface area contributed by atoms with Crippen LogP contribution in [0, 0.1) is 23.0 Å². The molecule has 1 saturated heterocycles. The Morgan fingerprint density at radius 3 is 2.58 bits per heavy atom. The molecule has 2 rings (SSSR count). The number of carboxylic acids is 1. The quantitative estimate of drug-likeness (QED) is 0.668. The van der Waals surface area contributed by atoms with E-state index in [0.717, 1.165) is 5.69 Å². The Morgan fingerprint density at radius 2 is 2.05 bits per heavy atom. The Balaban J connectivity index is 2.18. The molecule has 1 aliphatic rings. The number of anilines is 1. The van der Waals surface area contributed by atoms with Crippen LogP contribution in [0.5, 0.6) is 0 Å². The molecule has 1 fully saturated rings. The van der Waals surface area contributed by atoms with Crippen molar-refractivity contribution in [3.8, 4) is 0 Å². The maximum Gasteiger partial charge on any atom is 0.306 e. The van der Waals surface area contributed by atoms with Gasteiger partial charge in [0.05, 0.1) is 16.4 Å². The summed E-state index contributed by atoms with van der Waals surface area (Å²) in [6, 6.07) is 5.01. The maximum absolute atomic E-state index is 10.9. The number of nitrogens with zero attached hydrogens (tertiary/aromatic N) is 2. The Bertz CT molecular complexity index is 507. The molecular weight excluding hydrogens is 248 g/mol. The number of hydrogen-bond acceptors (Lipinski definition) is 4. The number of benzene rings is 1. The molecule has 0 radical (unpaired) electrons. The van der Waals surface area contributed by atoms with Gasteiger partial charge < -0.3 is 10.0 Å². The number of aliphatic carboxylic acids is 1. The van der Waals surface area contributed by atoms with Crippen LogP contribution in [0.1, 0.15) is 18.4 Å². The molecule has 0 atom stereocenters. The zero-order chi connectivity index (χ0) is 14.0. The van der Waals surface area contributed by atoms with Gasteiger partial charge in [-0.1, -0.05) is 6.07 Å². The number of nitro groups is 1. The summed E-state index contributed by atoms with van der Waals surface area (Å²) in [7, 11) is 0. The molecule has 0 bridgehead atoms. The van der Waals surface area contributed by atoms with Crippen LogP contribution in [0.2, 0.25) is 0 Å². The molecule has 0 aliphatic carbocycles. The minimum atomic E-state index is -0.754. The average molecular weight is 264 g/mol. The van der Waals surface area contributed by atoms with Gasteiger partial charge in [0.2, 0.25) is 0 Å². The minimum Gasteiger partial charge on any atom is -0.481 e. The molecule has 6 heteroatoms. The lowest BCUT2D eigenvalue weighted by Crippen LogP contribution is -2.36. The summed E-state index contributed by atoms with van der Waals surface area (Å²) >= 11 is 0. The van der Waals surface area contributed by atoms with Gasteiger partial charge >= 0.3 is 5.97 Å². The lowest BCUT2D eigenvalue weighted by atomic mass is 9.96. The molecule has 102 valence electrons. The second-order valence-electron chi connectivity index (χ2n) is 4.78. The van der Waals surface area contributed by atoms with E-state index in [1.165, 1.54) is 6.07 Å². The van der Waals surface area contributed by atoms with E-state index in [-0.39, 0.29) is 16.5 Å². The molecule has 1 aromatic rings. The zero-order valence-corrected chi connectivity index (χ0v) is 10.7. The predicted octanol–water partition coefficient (Wildman–Crippen LogP) is 2.20. The number of hydrogen-bond donors (Lipinski definition) is 1. The first kappa shape index (κ1) is 13.3. The summed E-state index contributed by atoms with van der Waals surface area (Å²) in [5.74, 6) is -1.05. The van der Waals surface area contributed by atoms with Crippen molar-refractivity contribution in [1.82, 2.24) is 0 Å². The molecule has 0 aromatic heterocycles. The van der Waals surface area contributed by atoms with Gasteiger partial charge in [-0.15, -0.1) is 0 Å². The summed E-state index contributed by atoms with van der Waals surface area (Å²) in [6.07, 6.45) is 1.16. The van der Waals surface area contributed by atoms with Gasteiger partial charge in [0.25, 0.3) is 5.69 Å². The molecule has 19 heavy (non-hydrogen) atoms. The SMILES string of the molecule is Cc1c(N2CCC(C(=O)O)CC2)cccc1[N+](=O)[O-]. The largest absolute Gasteiger partial charge is 0.481 e. The minimum absolute atomic E-state index is 0.109. The molecule has 0 saturated carbocycles. The van der Waals surface area contributed by atoms with E-state index < -0.39 is 5.97 Å². The predicted molar refractivity (Wildman–Crippen MR) is 70.4 cm³/mol. The van der Waals surface area contributed by atoms with E-state index >= 15 is 0 Å². The molecule has 1 aromatic carbocycles. The molecular formula is C13H16N2O4. The Kier molecular flexibility index (Phi) is 3.69. The fourth-order valence-electron chi connectivity index (χ4n) is 2.52. The molecule has 0 amide bonds. The van der Waals surface area contributed by atoms with Crippen LogP contribution in [0.4, 0.5) is 11.4 Å². The highest BCUT2D eigenvalue weighted by Crippen LogP contribution is 2.31. The Hall–Kier alpha value is -2.11. The highest BCUT2D eigenvalue weighted by Gasteiger charge is 2.26. The molecule has 1 N–H and O–H groups in total. The molecule has 1 aliphatic heterocycles. The second kappa shape index (κ2) is 5.26. The van der Waals surface area contributed by atoms with E-state index in [1.54, 1.807) is 13.0 Å². The molecule has 0 spiro atoms. The van der Waals surface area contributed by atoms with Crippen molar-refractivity contribution in [3.05, 3.63) is 33.9 Å².